The number of imidazole rings is 1. The Kier molecular flexibility index (Phi) is 10.4. The predicted molar refractivity (Wildman–Crippen MR) is 227 cm³/mol. The molecular weight excluding hydrogens is 751 g/mol. The van der Waals surface area contributed by atoms with Gasteiger partial charge in [0.05, 0.1) is 54.7 Å². The maximum atomic E-state index is 15.1. The number of thiazole rings is 1. The van der Waals surface area contributed by atoms with Crippen LogP contribution < -0.4 is 5.32 Å². The number of fused-ring (bicyclic) bond motifs is 4. The molecule has 10 rings (SSSR count). The van der Waals surface area contributed by atoms with Gasteiger partial charge in [0.25, 0.3) is 0 Å². The molecular formula is C45H46F2N10S. The summed E-state index contributed by atoms with van der Waals surface area (Å²) in [6.45, 7) is 15.3. The average molecular weight is 797 g/mol. The first kappa shape index (κ1) is 38.2. The fourth-order valence-corrected chi connectivity index (χ4v) is 9.47. The summed E-state index contributed by atoms with van der Waals surface area (Å²) in [5.74, 6) is 0.182. The van der Waals surface area contributed by atoms with Crippen LogP contribution in [0, 0.1) is 39.3 Å². The van der Waals surface area contributed by atoms with E-state index in [2.05, 4.69) is 64.6 Å². The molecule has 0 spiro atoms. The molecule has 0 radical (unpaired) electrons. The van der Waals surface area contributed by atoms with Gasteiger partial charge in [0.1, 0.15) is 11.6 Å². The smallest absolute Gasteiger partial charge is 0.158 e. The molecule has 2 aliphatic rings. The molecule has 2 fully saturated rings. The van der Waals surface area contributed by atoms with E-state index in [4.69, 9.17) is 0 Å². The van der Waals surface area contributed by atoms with Crippen molar-refractivity contribution in [3.8, 4) is 22.4 Å². The molecule has 0 aliphatic carbocycles. The van der Waals surface area contributed by atoms with Crippen molar-refractivity contribution in [2.24, 2.45) is 0 Å². The van der Waals surface area contributed by atoms with Crippen molar-refractivity contribution >= 4 is 49.0 Å². The van der Waals surface area contributed by atoms with Crippen LogP contribution in [0.2, 0.25) is 0 Å². The summed E-state index contributed by atoms with van der Waals surface area (Å²) in [7, 11) is 0. The average Bonchev–Trinajstić information content (AvgIpc) is 3.85. The Morgan fingerprint density at radius 1 is 0.690 bits per heavy atom. The summed E-state index contributed by atoms with van der Waals surface area (Å²) in [6, 6.07) is 14.9. The Labute approximate surface area is 339 Å². The van der Waals surface area contributed by atoms with Crippen molar-refractivity contribution in [3.05, 3.63) is 106 Å². The second kappa shape index (κ2) is 15.8. The molecule has 10 nitrogen and oxygen atoms in total. The van der Waals surface area contributed by atoms with Crippen LogP contribution in [0.3, 0.4) is 0 Å². The number of hydrogen-bond donors (Lipinski definition) is 1. The van der Waals surface area contributed by atoms with Crippen LogP contribution in [0.15, 0.2) is 60.9 Å². The minimum atomic E-state index is -0.285. The summed E-state index contributed by atoms with van der Waals surface area (Å²) in [5, 5.41) is 23.1. The van der Waals surface area contributed by atoms with E-state index in [0.29, 0.717) is 44.9 Å². The Balaban J connectivity index is 0.000000151. The minimum Gasteiger partial charge on any atom is -0.317 e. The van der Waals surface area contributed by atoms with Crippen molar-refractivity contribution in [2.45, 2.75) is 72.1 Å². The second-order valence-electron chi connectivity index (χ2n) is 15.8. The molecule has 1 N–H and O–H groups in total. The molecule has 0 amide bonds. The van der Waals surface area contributed by atoms with Crippen LogP contribution in [-0.2, 0) is 0 Å². The minimum absolute atomic E-state index is 0.240. The number of likely N-dealkylation sites (tertiary alicyclic amines) is 1. The normalized spacial score (nSPS) is 15.8. The third kappa shape index (κ3) is 7.54. The summed E-state index contributed by atoms with van der Waals surface area (Å²) in [6.07, 6.45) is 7.96. The molecule has 0 atom stereocenters. The number of aromatic nitrogens is 8. The number of halogens is 2. The Morgan fingerprint density at radius 3 is 1.98 bits per heavy atom. The highest BCUT2D eigenvalue weighted by molar-refractivity contribution is 7.18. The first-order chi connectivity index (χ1) is 28.1. The topological polar surface area (TPSA) is 110 Å². The maximum absolute atomic E-state index is 15.1. The van der Waals surface area contributed by atoms with Gasteiger partial charge in [0, 0.05) is 40.6 Å². The molecule has 13 heteroatoms. The Morgan fingerprint density at radius 2 is 1.31 bits per heavy atom. The Bertz CT molecular complexity index is 2820. The lowest BCUT2D eigenvalue weighted by Crippen LogP contribution is -2.32. The summed E-state index contributed by atoms with van der Waals surface area (Å²) < 4.78 is 33.1. The van der Waals surface area contributed by atoms with E-state index in [-0.39, 0.29) is 11.6 Å². The van der Waals surface area contributed by atoms with Crippen molar-refractivity contribution in [1.29, 1.82) is 0 Å². The van der Waals surface area contributed by atoms with E-state index in [9.17, 15) is 0 Å². The van der Waals surface area contributed by atoms with Crippen LogP contribution in [0.1, 0.15) is 77.8 Å². The van der Waals surface area contributed by atoms with Gasteiger partial charge < -0.3 is 14.6 Å². The zero-order chi connectivity index (χ0) is 40.1. The van der Waals surface area contributed by atoms with Gasteiger partial charge in [-0.15, -0.1) is 11.3 Å². The molecule has 0 unspecified atom stereocenters. The highest BCUT2D eigenvalue weighted by atomic mass is 32.1. The molecule has 7 heterocycles. The standard InChI is InChI=1S/C23H25FN6.C22H21FN4S/c1-4-29-7-5-16(6-8-29)20-11-18-19(24)9-17(10-21(18)28-27-20)22-13-30-12-14(2)25-15(3)23(30)26-22;1-12-7-15(10-21-22(12)25-13(2)28-21)16-8-18(23)17-11-19(26-27-20(17)9-16)14-3-5-24-6-4-14/h9-13,16H,4-8H2,1-3H3;7-11,14,24H,3-6H2,1-2H3. The number of aryl methyl sites for hydroxylation is 4. The van der Waals surface area contributed by atoms with Gasteiger partial charge in [-0.1, -0.05) is 6.92 Å². The van der Waals surface area contributed by atoms with Gasteiger partial charge in [-0.05, 0) is 151 Å². The molecule has 296 valence electrons. The molecule has 0 bridgehead atoms. The van der Waals surface area contributed by atoms with E-state index in [1.165, 1.54) is 0 Å². The quantitative estimate of drug-likeness (QED) is 0.182. The van der Waals surface area contributed by atoms with E-state index in [1.54, 1.807) is 23.5 Å². The molecule has 8 aromatic rings. The van der Waals surface area contributed by atoms with Crippen LogP contribution in [-0.4, -0.2) is 77.4 Å². The van der Waals surface area contributed by atoms with Crippen molar-refractivity contribution in [3.63, 3.8) is 0 Å². The number of nitrogens with one attached hydrogen (secondary N) is 1. The second-order valence-corrected chi connectivity index (χ2v) is 17.0. The van der Waals surface area contributed by atoms with Gasteiger partial charge in [0.15, 0.2) is 5.65 Å². The number of hydrogen-bond acceptors (Lipinski definition) is 10. The number of piperidine rings is 2. The van der Waals surface area contributed by atoms with Crippen LogP contribution in [0.5, 0.6) is 0 Å². The highest BCUT2D eigenvalue weighted by Crippen LogP contribution is 2.35. The largest absolute Gasteiger partial charge is 0.317 e. The molecule has 2 saturated heterocycles. The zero-order valence-corrected chi connectivity index (χ0v) is 34.3. The fourth-order valence-electron chi connectivity index (χ4n) is 8.53. The third-order valence-electron chi connectivity index (χ3n) is 11.7. The van der Waals surface area contributed by atoms with Crippen molar-refractivity contribution in [2.75, 3.05) is 32.7 Å². The fraction of sp³-hybridized carbons (Fsp3) is 0.356. The molecule has 0 saturated carbocycles. The summed E-state index contributed by atoms with van der Waals surface area (Å²) >= 11 is 1.66. The lowest BCUT2D eigenvalue weighted by Gasteiger charge is -2.30. The molecule has 2 aliphatic heterocycles. The van der Waals surface area contributed by atoms with Gasteiger partial charge in [-0.25, -0.2) is 18.7 Å². The van der Waals surface area contributed by atoms with Crippen LogP contribution in [0.4, 0.5) is 8.78 Å². The van der Waals surface area contributed by atoms with Gasteiger partial charge in [-0.3, -0.25) is 4.98 Å². The maximum Gasteiger partial charge on any atom is 0.158 e. The zero-order valence-electron chi connectivity index (χ0n) is 33.5. The SMILES string of the molecule is CCN1CCC(c2cc3c(F)cc(-c4cn5cc(C)nc(C)c5n4)cc3nn2)CC1.Cc1nc2c(C)cc(-c3cc(F)c4cc(C5CCNCC5)nnc4c3)cc2s1. The highest BCUT2D eigenvalue weighted by Gasteiger charge is 2.23. The summed E-state index contributed by atoms with van der Waals surface area (Å²) in [5.41, 5.74) is 10.8. The van der Waals surface area contributed by atoms with E-state index in [1.807, 2.05) is 68.8 Å². The first-order valence-corrected chi connectivity index (χ1v) is 21.0. The van der Waals surface area contributed by atoms with E-state index < -0.39 is 0 Å². The number of benzene rings is 3. The van der Waals surface area contributed by atoms with E-state index in [0.717, 1.165) is 119 Å². The lowest BCUT2D eigenvalue weighted by atomic mass is 9.92. The lowest BCUT2D eigenvalue weighted by molar-refractivity contribution is 0.220. The van der Waals surface area contributed by atoms with Gasteiger partial charge in [0.2, 0.25) is 0 Å². The van der Waals surface area contributed by atoms with E-state index >= 15 is 8.78 Å². The number of rotatable bonds is 5. The van der Waals surface area contributed by atoms with Crippen LogP contribution >= 0.6 is 11.3 Å². The van der Waals surface area contributed by atoms with Gasteiger partial charge >= 0.3 is 0 Å². The van der Waals surface area contributed by atoms with Crippen LogP contribution in [0.25, 0.3) is 60.1 Å². The monoisotopic (exact) mass is 796 g/mol. The first-order valence-electron chi connectivity index (χ1n) is 20.2. The Hall–Kier alpha value is -5.37. The van der Waals surface area contributed by atoms with Gasteiger partial charge in [-0.2, -0.15) is 20.4 Å². The van der Waals surface area contributed by atoms with Crippen molar-refractivity contribution in [1.82, 2.24) is 50.0 Å². The predicted octanol–water partition coefficient (Wildman–Crippen LogP) is 9.42. The molecule has 5 aromatic heterocycles. The van der Waals surface area contributed by atoms with Crippen molar-refractivity contribution < 1.29 is 8.78 Å². The number of nitrogens with zero attached hydrogens (tertiary/aromatic N) is 9. The summed E-state index contributed by atoms with van der Waals surface area (Å²) in [4.78, 5) is 16.1. The third-order valence-corrected chi connectivity index (χ3v) is 12.6. The molecule has 3 aromatic carbocycles. The molecule has 58 heavy (non-hydrogen) atoms.